The Hall–Kier alpha value is -2.08. The maximum atomic E-state index is 11.9. The van der Waals surface area contributed by atoms with Crippen LogP contribution in [0.15, 0.2) is 48.5 Å². The van der Waals surface area contributed by atoms with Crippen molar-refractivity contribution < 1.29 is 14.6 Å². The molecule has 2 fully saturated rings. The lowest BCUT2D eigenvalue weighted by atomic mass is 9.93. The molecule has 4 rings (SSSR count). The number of carboxylic acid groups (broad SMARTS) is 1. The Bertz CT molecular complexity index is 907. The summed E-state index contributed by atoms with van der Waals surface area (Å²) in [6, 6.07) is 15.3. The molecular weight excluding hydrogens is 436 g/mol. The molecule has 33 heavy (non-hydrogen) atoms. The van der Waals surface area contributed by atoms with Gasteiger partial charge in [0.05, 0.1) is 0 Å². The summed E-state index contributed by atoms with van der Waals surface area (Å²) in [5.41, 5.74) is 2.18. The van der Waals surface area contributed by atoms with Crippen LogP contribution < -0.4 is 4.74 Å². The number of ether oxygens (including phenoxy) is 1. The number of halogens is 1. The van der Waals surface area contributed by atoms with Gasteiger partial charge in [-0.1, -0.05) is 41.9 Å². The number of aryl methyl sites for hydroxylation is 1. The fourth-order valence-electron chi connectivity index (χ4n) is 5.16. The lowest BCUT2D eigenvalue weighted by Crippen LogP contribution is -2.48. The van der Waals surface area contributed by atoms with Crippen LogP contribution in [0, 0.1) is 12.8 Å². The fraction of sp³-hybridized carbons (Fsp3) is 0.519. The molecule has 5 nitrogen and oxygen atoms in total. The normalized spacial score (nSPS) is 19.9. The van der Waals surface area contributed by atoms with Gasteiger partial charge >= 0.3 is 5.97 Å². The van der Waals surface area contributed by atoms with Crippen molar-refractivity contribution in [3.05, 3.63) is 64.7 Å². The van der Waals surface area contributed by atoms with Crippen LogP contribution in [-0.2, 0) is 11.2 Å². The Labute approximate surface area is 202 Å². The molecule has 1 N–H and O–H groups in total. The molecule has 0 saturated carbocycles. The summed E-state index contributed by atoms with van der Waals surface area (Å²) in [5, 5.41) is 10.6. The van der Waals surface area contributed by atoms with Crippen molar-refractivity contribution in [1.82, 2.24) is 9.80 Å². The zero-order chi connectivity index (χ0) is 23.2. The van der Waals surface area contributed by atoms with Crippen LogP contribution >= 0.6 is 11.6 Å². The summed E-state index contributed by atoms with van der Waals surface area (Å²) in [6.45, 7) is 6.99. The number of hydrogen-bond donors (Lipinski definition) is 1. The second kappa shape index (κ2) is 11.4. The number of aliphatic carboxylic acids is 1. The van der Waals surface area contributed by atoms with Crippen LogP contribution in [0.25, 0.3) is 0 Å². The highest BCUT2D eigenvalue weighted by Crippen LogP contribution is 2.27. The highest BCUT2D eigenvalue weighted by molar-refractivity contribution is 6.30. The summed E-state index contributed by atoms with van der Waals surface area (Å²) < 4.78 is 6.24. The monoisotopic (exact) mass is 470 g/mol. The number of nitrogens with zero attached hydrogens (tertiary/aromatic N) is 2. The minimum absolute atomic E-state index is 0.261. The first-order chi connectivity index (χ1) is 16.0. The number of carboxylic acids is 1. The molecule has 2 aliphatic heterocycles. The average molecular weight is 471 g/mol. The van der Waals surface area contributed by atoms with Gasteiger partial charge in [0, 0.05) is 24.7 Å². The third-order valence-corrected chi connectivity index (χ3v) is 7.36. The molecule has 0 bridgehead atoms. The first kappa shape index (κ1) is 24.1. The van der Waals surface area contributed by atoms with E-state index in [0.29, 0.717) is 12.3 Å². The van der Waals surface area contributed by atoms with E-state index in [-0.39, 0.29) is 6.10 Å². The Kier molecular flexibility index (Phi) is 8.29. The smallest absolute Gasteiger partial charge is 0.321 e. The molecule has 0 amide bonds. The third-order valence-electron chi connectivity index (χ3n) is 7.13. The quantitative estimate of drug-likeness (QED) is 0.594. The summed E-state index contributed by atoms with van der Waals surface area (Å²) in [5.74, 6) is 0.868. The molecule has 2 aromatic rings. The van der Waals surface area contributed by atoms with Crippen molar-refractivity contribution >= 4 is 17.6 Å². The lowest BCUT2D eigenvalue weighted by molar-refractivity contribution is -0.144. The largest absolute Gasteiger partial charge is 0.490 e. The molecule has 2 aromatic carbocycles. The Morgan fingerprint density at radius 2 is 1.76 bits per heavy atom. The van der Waals surface area contributed by atoms with E-state index < -0.39 is 12.0 Å². The van der Waals surface area contributed by atoms with Crippen LogP contribution in [0.4, 0.5) is 0 Å². The van der Waals surface area contributed by atoms with Gasteiger partial charge in [0.1, 0.15) is 17.9 Å². The van der Waals surface area contributed by atoms with E-state index >= 15 is 0 Å². The van der Waals surface area contributed by atoms with Gasteiger partial charge in [0.15, 0.2) is 0 Å². The number of hydrogen-bond acceptors (Lipinski definition) is 4. The fourth-order valence-corrected chi connectivity index (χ4v) is 5.38. The minimum Gasteiger partial charge on any atom is -0.490 e. The second-order valence-corrected chi connectivity index (χ2v) is 9.99. The summed E-state index contributed by atoms with van der Waals surface area (Å²) >= 11 is 6.06. The maximum Gasteiger partial charge on any atom is 0.321 e. The topological polar surface area (TPSA) is 53.0 Å². The zero-order valence-corrected chi connectivity index (χ0v) is 20.2. The van der Waals surface area contributed by atoms with Crippen LogP contribution in [0.5, 0.6) is 5.75 Å². The number of benzene rings is 2. The first-order valence-electron chi connectivity index (χ1n) is 12.1. The number of likely N-dealkylation sites (tertiary alicyclic amines) is 2. The number of rotatable bonds is 8. The van der Waals surface area contributed by atoms with Gasteiger partial charge in [-0.25, -0.2) is 0 Å². The lowest BCUT2D eigenvalue weighted by Gasteiger charge is -2.39. The molecule has 0 unspecified atom stereocenters. The van der Waals surface area contributed by atoms with Crippen molar-refractivity contribution in [1.29, 1.82) is 0 Å². The van der Waals surface area contributed by atoms with Crippen LogP contribution in [0.3, 0.4) is 0 Å². The van der Waals surface area contributed by atoms with E-state index in [0.717, 1.165) is 80.3 Å². The minimum atomic E-state index is -0.713. The van der Waals surface area contributed by atoms with Crippen LogP contribution in [-0.4, -0.2) is 65.7 Å². The number of carbonyl (C=O) groups is 1. The van der Waals surface area contributed by atoms with Gasteiger partial charge in [0.25, 0.3) is 0 Å². The molecule has 0 spiro atoms. The summed E-state index contributed by atoms with van der Waals surface area (Å²) in [4.78, 5) is 16.7. The van der Waals surface area contributed by atoms with E-state index in [1.807, 2.05) is 55.5 Å². The molecule has 0 aromatic heterocycles. The highest BCUT2D eigenvalue weighted by Gasteiger charge is 2.31. The predicted octanol–water partition coefficient (Wildman–Crippen LogP) is 4.90. The highest BCUT2D eigenvalue weighted by atomic mass is 35.5. The Balaban J connectivity index is 1.20. The molecule has 178 valence electrons. The van der Waals surface area contributed by atoms with Crippen LogP contribution in [0.2, 0.25) is 5.02 Å². The van der Waals surface area contributed by atoms with E-state index in [2.05, 4.69) is 9.80 Å². The van der Waals surface area contributed by atoms with Crippen molar-refractivity contribution in [2.75, 3.05) is 32.7 Å². The Morgan fingerprint density at radius 1 is 1.06 bits per heavy atom. The Morgan fingerprint density at radius 3 is 2.39 bits per heavy atom. The van der Waals surface area contributed by atoms with Gasteiger partial charge in [-0.05, 0) is 87.4 Å². The van der Waals surface area contributed by atoms with Crippen molar-refractivity contribution in [2.45, 2.75) is 51.2 Å². The van der Waals surface area contributed by atoms with Gasteiger partial charge in [-0.3, -0.25) is 9.69 Å². The summed E-state index contributed by atoms with van der Waals surface area (Å²) in [6.07, 6.45) is 5.05. The third kappa shape index (κ3) is 6.72. The molecule has 6 heteroatoms. The first-order valence-corrected chi connectivity index (χ1v) is 12.5. The SMILES string of the molecule is Cc1cc(Cl)ccc1OC1CCN(CC2CCN([C@@H](Cc3ccccc3)C(=O)O)CC2)CC1. The zero-order valence-electron chi connectivity index (χ0n) is 19.5. The predicted molar refractivity (Wildman–Crippen MR) is 132 cm³/mol. The van der Waals surface area contributed by atoms with Gasteiger partial charge in [0.2, 0.25) is 0 Å². The van der Waals surface area contributed by atoms with E-state index in [4.69, 9.17) is 16.3 Å². The maximum absolute atomic E-state index is 11.9. The van der Waals surface area contributed by atoms with E-state index in [1.54, 1.807) is 0 Å². The van der Waals surface area contributed by atoms with Crippen LogP contribution in [0.1, 0.15) is 36.8 Å². The van der Waals surface area contributed by atoms with Crippen molar-refractivity contribution in [3.63, 3.8) is 0 Å². The molecule has 2 aliphatic rings. The molecule has 0 aliphatic carbocycles. The van der Waals surface area contributed by atoms with Gasteiger partial charge in [-0.15, -0.1) is 0 Å². The molecule has 2 heterocycles. The second-order valence-electron chi connectivity index (χ2n) is 9.55. The van der Waals surface area contributed by atoms with Crippen molar-refractivity contribution in [2.24, 2.45) is 5.92 Å². The average Bonchev–Trinajstić information content (AvgIpc) is 2.82. The van der Waals surface area contributed by atoms with E-state index in [1.165, 1.54) is 0 Å². The summed E-state index contributed by atoms with van der Waals surface area (Å²) in [7, 11) is 0. The standard InChI is InChI=1S/C27H35ClN2O3/c1-20-17-23(28)7-8-26(20)33-24-11-13-29(14-12-24)19-22-9-15-30(16-10-22)25(27(31)32)18-21-5-3-2-4-6-21/h2-8,17,22,24-25H,9-16,18-19H2,1H3,(H,31,32)/t25-/m0/s1. The van der Waals surface area contributed by atoms with E-state index in [9.17, 15) is 9.90 Å². The number of piperidine rings is 2. The molecule has 1 atom stereocenters. The van der Waals surface area contributed by atoms with Crippen molar-refractivity contribution in [3.8, 4) is 5.75 Å². The molecule has 0 radical (unpaired) electrons. The van der Waals surface area contributed by atoms with Gasteiger partial charge in [-0.2, -0.15) is 0 Å². The van der Waals surface area contributed by atoms with Gasteiger partial charge < -0.3 is 14.7 Å². The molecule has 2 saturated heterocycles. The molecular formula is C27H35ClN2O3.